The van der Waals surface area contributed by atoms with Crippen LogP contribution in [-0.2, 0) is 16.0 Å². The molecule has 26 heavy (non-hydrogen) atoms. The van der Waals surface area contributed by atoms with Gasteiger partial charge in [-0.1, -0.05) is 0 Å². The fourth-order valence-electron chi connectivity index (χ4n) is 2.77. The van der Waals surface area contributed by atoms with E-state index in [1.165, 1.54) is 19.9 Å². The van der Waals surface area contributed by atoms with Crippen LogP contribution in [0.15, 0.2) is 33.5 Å². The first kappa shape index (κ1) is 18.4. The zero-order chi connectivity index (χ0) is 19.3. The lowest BCUT2D eigenvalue weighted by Crippen LogP contribution is -2.52. The maximum atomic E-state index is 12.2. The molecule has 1 aromatic carbocycles. The first-order chi connectivity index (χ1) is 12.0. The Kier molecular flexibility index (Phi) is 4.32. The second-order valence-electron chi connectivity index (χ2n) is 7.38. The third kappa shape index (κ3) is 3.20. The number of esters is 1. The van der Waals surface area contributed by atoms with Crippen LogP contribution in [0.5, 0.6) is 5.75 Å². The summed E-state index contributed by atoms with van der Waals surface area (Å²) in [5, 5.41) is 20.4. The Labute approximate surface area is 150 Å². The standard InChI is InChI=1S/C19H22O7/c1-10(20)19(4,23)17(22)26-18(2,3)15-8-12-7-11-5-6-16(21)25-13(11)9-14(12)24-15/h5-7,9-10,15,20,23H,8H2,1-4H3. The van der Waals surface area contributed by atoms with Gasteiger partial charge in [0.1, 0.15) is 23.0 Å². The molecule has 2 N–H and O–H groups in total. The molecule has 3 unspecified atom stereocenters. The van der Waals surface area contributed by atoms with Crippen molar-refractivity contribution in [1.29, 1.82) is 0 Å². The number of carbonyl (C=O) groups excluding carboxylic acids is 1. The van der Waals surface area contributed by atoms with Crippen LogP contribution in [-0.4, -0.2) is 39.6 Å². The number of ether oxygens (including phenoxy) is 2. The molecule has 2 heterocycles. The van der Waals surface area contributed by atoms with E-state index >= 15 is 0 Å². The van der Waals surface area contributed by atoms with Crippen molar-refractivity contribution in [2.75, 3.05) is 0 Å². The fraction of sp³-hybridized carbons (Fsp3) is 0.474. The number of carbonyl (C=O) groups is 1. The van der Waals surface area contributed by atoms with Crippen molar-refractivity contribution in [3.63, 3.8) is 0 Å². The number of hydrogen-bond acceptors (Lipinski definition) is 7. The maximum absolute atomic E-state index is 12.2. The molecule has 0 amide bonds. The van der Waals surface area contributed by atoms with Gasteiger partial charge in [0.05, 0.1) is 6.10 Å². The minimum Gasteiger partial charge on any atom is -0.485 e. The van der Waals surface area contributed by atoms with Gasteiger partial charge in [-0.25, -0.2) is 9.59 Å². The molecule has 0 bridgehead atoms. The summed E-state index contributed by atoms with van der Waals surface area (Å²) in [6.45, 7) is 5.88. The molecule has 2 aromatic rings. The Morgan fingerprint density at radius 3 is 2.65 bits per heavy atom. The Bertz CT molecular complexity index is 908. The predicted molar refractivity (Wildman–Crippen MR) is 93.1 cm³/mol. The van der Waals surface area contributed by atoms with E-state index in [2.05, 4.69) is 0 Å². The number of aliphatic hydroxyl groups is 2. The molecular weight excluding hydrogens is 340 g/mol. The van der Waals surface area contributed by atoms with Crippen molar-refractivity contribution in [2.24, 2.45) is 0 Å². The SMILES string of the molecule is CC(O)C(C)(O)C(=O)OC(C)(C)C1Cc2cc3ccc(=O)oc3cc2O1. The number of rotatable bonds is 4. The normalized spacial score (nSPS) is 20.2. The lowest BCUT2D eigenvalue weighted by atomic mass is 9.95. The smallest absolute Gasteiger partial charge is 0.341 e. The van der Waals surface area contributed by atoms with E-state index in [9.17, 15) is 19.8 Å². The minimum absolute atomic E-state index is 0.420. The zero-order valence-corrected chi connectivity index (χ0v) is 15.1. The summed E-state index contributed by atoms with van der Waals surface area (Å²) in [4.78, 5) is 23.6. The second kappa shape index (κ2) is 6.10. The van der Waals surface area contributed by atoms with Gasteiger partial charge < -0.3 is 24.1 Å². The molecule has 3 rings (SSSR count). The van der Waals surface area contributed by atoms with Crippen LogP contribution in [0.3, 0.4) is 0 Å². The maximum Gasteiger partial charge on any atom is 0.341 e. The molecule has 1 aliphatic heterocycles. The second-order valence-corrected chi connectivity index (χ2v) is 7.38. The molecule has 0 spiro atoms. The van der Waals surface area contributed by atoms with Crippen LogP contribution in [0.2, 0.25) is 0 Å². The number of benzene rings is 1. The van der Waals surface area contributed by atoms with Crippen molar-refractivity contribution in [1.82, 2.24) is 0 Å². The summed E-state index contributed by atoms with van der Waals surface area (Å²) in [6.07, 6.45) is -1.28. The van der Waals surface area contributed by atoms with Crippen molar-refractivity contribution < 1.29 is 28.9 Å². The molecule has 0 aliphatic carbocycles. The summed E-state index contributed by atoms with van der Waals surface area (Å²) in [5.41, 5.74) is -2.18. The summed E-state index contributed by atoms with van der Waals surface area (Å²) in [5.74, 6) is -0.364. The van der Waals surface area contributed by atoms with Gasteiger partial charge in [0, 0.05) is 23.9 Å². The number of hydrogen-bond donors (Lipinski definition) is 2. The quantitative estimate of drug-likeness (QED) is 0.628. The Balaban J connectivity index is 1.83. The van der Waals surface area contributed by atoms with Crippen LogP contribution in [0.4, 0.5) is 0 Å². The van der Waals surface area contributed by atoms with Gasteiger partial charge in [0.2, 0.25) is 0 Å². The molecule has 7 nitrogen and oxygen atoms in total. The molecule has 1 aromatic heterocycles. The summed E-state index contributed by atoms with van der Waals surface area (Å²) < 4.78 is 16.5. The van der Waals surface area contributed by atoms with E-state index in [0.717, 1.165) is 10.9 Å². The van der Waals surface area contributed by atoms with E-state index in [1.807, 2.05) is 6.07 Å². The van der Waals surface area contributed by atoms with Gasteiger partial charge in [-0.3, -0.25) is 0 Å². The van der Waals surface area contributed by atoms with E-state index in [-0.39, 0.29) is 0 Å². The highest BCUT2D eigenvalue weighted by atomic mass is 16.6. The van der Waals surface area contributed by atoms with E-state index in [0.29, 0.717) is 17.8 Å². The topological polar surface area (TPSA) is 106 Å². The highest BCUT2D eigenvalue weighted by Crippen LogP contribution is 2.37. The number of aliphatic hydroxyl groups excluding tert-OH is 1. The van der Waals surface area contributed by atoms with Crippen LogP contribution < -0.4 is 10.4 Å². The Morgan fingerprint density at radius 2 is 2.00 bits per heavy atom. The molecule has 1 aliphatic rings. The largest absolute Gasteiger partial charge is 0.485 e. The fourth-order valence-corrected chi connectivity index (χ4v) is 2.77. The van der Waals surface area contributed by atoms with Crippen LogP contribution in [0.1, 0.15) is 33.3 Å². The molecule has 140 valence electrons. The first-order valence-corrected chi connectivity index (χ1v) is 8.38. The van der Waals surface area contributed by atoms with Crippen molar-refractivity contribution in [3.8, 4) is 5.75 Å². The minimum atomic E-state index is -2.01. The Morgan fingerprint density at radius 1 is 1.31 bits per heavy atom. The lowest BCUT2D eigenvalue weighted by molar-refractivity contribution is -0.193. The van der Waals surface area contributed by atoms with Crippen molar-refractivity contribution >= 4 is 16.9 Å². The molecule has 0 radical (unpaired) electrons. The van der Waals surface area contributed by atoms with Gasteiger partial charge >= 0.3 is 11.6 Å². The summed E-state index contributed by atoms with van der Waals surface area (Å²) in [7, 11) is 0. The van der Waals surface area contributed by atoms with Gasteiger partial charge in [0.25, 0.3) is 0 Å². The highest BCUT2D eigenvalue weighted by Gasteiger charge is 2.45. The van der Waals surface area contributed by atoms with E-state index < -0.39 is 35.0 Å². The van der Waals surface area contributed by atoms with Crippen LogP contribution >= 0.6 is 0 Å². The monoisotopic (exact) mass is 362 g/mol. The molecule has 7 heteroatoms. The lowest BCUT2D eigenvalue weighted by Gasteiger charge is -2.34. The average Bonchev–Trinajstić information content (AvgIpc) is 2.95. The van der Waals surface area contributed by atoms with E-state index in [4.69, 9.17) is 13.9 Å². The van der Waals surface area contributed by atoms with Crippen LogP contribution in [0, 0.1) is 0 Å². The average molecular weight is 362 g/mol. The van der Waals surface area contributed by atoms with Crippen molar-refractivity contribution in [2.45, 2.75) is 57.5 Å². The molecule has 0 saturated heterocycles. The summed E-state index contributed by atoms with van der Waals surface area (Å²) >= 11 is 0. The molecule has 3 atom stereocenters. The van der Waals surface area contributed by atoms with Gasteiger partial charge in [0.15, 0.2) is 5.60 Å². The third-order valence-corrected chi connectivity index (χ3v) is 4.83. The Hall–Kier alpha value is -2.38. The zero-order valence-electron chi connectivity index (χ0n) is 15.1. The first-order valence-electron chi connectivity index (χ1n) is 8.38. The van der Waals surface area contributed by atoms with Gasteiger partial charge in [-0.2, -0.15) is 0 Å². The van der Waals surface area contributed by atoms with Gasteiger partial charge in [-0.05, 0) is 45.4 Å². The third-order valence-electron chi connectivity index (χ3n) is 4.83. The molecular formula is C19H22O7. The van der Waals surface area contributed by atoms with Crippen molar-refractivity contribution in [3.05, 3.63) is 40.2 Å². The highest BCUT2D eigenvalue weighted by molar-refractivity contribution is 5.80. The van der Waals surface area contributed by atoms with Gasteiger partial charge in [-0.15, -0.1) is 0 Å². The van der Waals surface area contributed by atoms with E-state index in [1.54, 1.807) is 26.0 Å². The van der Waals surface area contributed by atoms with Crippen LogP contribution in [0.25, 0.3) is 11.0 Å². The number of fused-ring (bicyclic) bond motifs is 2. The predicted octanol–water partition coefficient (Wildman–Crippen LogP) is 1.55. The molecule has 0 saturated carbocycles. The molecule has 0 fully saturated rings. The summed E-state index contributed by atoms with van der Waals surface area (Å²) in [6, 6.07) is 6.55.